The molecule has 2 N–H and O–H groups in total. The summed E-state index contributed by atoms with van der Waals surface area (Å²) in [6, 6.07) is 0.581. The van der Waals surface area contributed by atoms with E-state index in [2.05, 4.69) is 32.8 Å². The van der Waals surface area contributed by atoms with Crippen LogP contribution in [0, 0.1) is 5.92 Å². The summed E-state index contributed by atoms with van der Waals surface area (Å²) in [5, 5.41) is 0. The van der Waals surface area contributed by atoms with E-state index in [-0.39, 0.29) is 5.54 Å². The molecule has 1 unspecified atom stereocenters. The van der Waals surface area contributed by atoms with Crippen molar-refractivity contribution < 1.29 is 0 Å². The molecule has 0 spiro atoms. The van der Waals surface area contributed by atoms with E-state index in [1.54, 1.807) is 0 Å². The van der Waals surface area contributed by atoms with Gasteiger partial charge in [0.2, 0.25) is 0 Å². The molecule has 12 heavy (non-hydrogen) atoms. The first-order valence-corrected chi connectivity index (χ1v) is 4.91. The van der Waals surface area contributed by atoms with Crippen LogP contribution in [0.2, 0.25) is 0 Å². The number of rotatable bonds is 4. The zero-order valence-electron chi connectivity index (χ0n) is 8.80. The van der Waals surface area contributed by atoms with Gasteiger partial charge in [-0.25, -0.2) is 0 Å². The summed E-state index contributed by atoms with van der Waals surface area (Å²) >= 11 is 0. The van der Waals surface area contributed by atoms with E-state index in [1.807, 2.05) is 0 Å². The largest absolute Gasteiger partial charge is 0.324 e. The van der Waals surface area contributed by atoms with Gasteiger partial charge in [0.1, 0.15) is 0 Å². The van der Waals surface area contributed by atoms with E-state index in [0.717, 1.165) is 5.92 Å². The average molecular weight is 170 g/mol. The Morgan fingerprint density at radius 2 is 1.83 bits per heavy atom. The molecule has 0 amide bonds. The molecule has 0 aromatic carbocycles. The van der Waals surface area contributed by atoms with Gasteiger partial charge in [0, 0.05) is 11.6 Å². The molecule has 0 aliphatic heterocycles. The second-order valence-corrected chi connectivity index (χ2v) is 4.84. The Morgan fingerprint density at radius 3 is 2.08 bits per heavy atom. The van der Waals surface area contributed by atoms with E-state index in [4.69, 9.17) is 5.73 Å². The summed E-state index contributed by atoms with van der Waals surface area (Å²) in [7, 11) is 4.28. The standard InChI is InChI=1S/C10H22N2/c1-8(2)7-9(12(3)4)10(11)5-6-10/h8-9H,5-7,11H2,1-4H3. The van der Waals surface area contributed by atoms with Crippen LogP contribution in [0.25, 0.3) is 0 Å². The molecule has 0 heterocycles. The normalized spacial score (nSPS) is 23.2. The third kappa shape index (κ3) is 2.20. The fourth-order valence-electron chi connectivity index (χ4n) is 1.88. The number of nitrogens with two attached hydrogens (primary N) is 1. The summed E-state index contributed by atoms with van der Waals surface area (Å²) in [6.45, 7) is 4.53. The summed E-state index contributed by atoms with van der Waals surface area (Å²) in [4.78, 5) is 2.28. The molecule has 1 aliphatic rings. The molecule has 0 aromatic heterocycles. The molecule has 0 bridgehead atoms. The highest BCUT2D eigenvalue weighted by Gasteiger charge is 2.46. The van der Waals surface area contributed by atoms with Crippen molar-refractivity contribution in [3.63, 3.8) is 0 Å². The minimum atomic E-state index is 0.147. The first kappa shape index (κ1) is 10.0. The lowest BCUT2D eigenvalue weighted by atomic mass is 9.95. The Balaban J connectivity index is 2.50. The van der Waals surface area contributed by atoms with Crippen molar-refractivity contribution in [1.82, 2.24) is 4.90 Å². The first-order valence-electron chi connectivity index (χ1n) is 4.91. The lowest BCUT2D eigenvalue weighted by Crippen LogP contribution is -2.47. The molecule has 1 saturated carbocycles. The molecular formula is C10H22N2. The maximum atomic E-state index is 6.20. The van der Waals surface area contributed by atoms with Gasteiger partial charge in [0.15, 0.2) is 0 Å². The summed E-state index contributed by atoms with van der Waals surface area (Å²) in [6.07, 6.45) is 3.65. The fourth-order valence-corrected chi connectivity index (χ4v) is 1.88. The van der Waals surface area contributed by atoms with E-state index in [0.29, 0.717) is 6.04 Å². The van der Waals surface area contributed by atoms with Gasteiger partial charge in [-0.15, -0.1) is 0 Å². The van der Waals surface area contributed by atoms with E-state index in [9.17, 15) is 0 Å². The summed E-state index contributed by atoms with van der Waals surface area (Å²) in [5.74, 6) is 0.749. The van der Waals surface area contributed by atoms with Crippen molar-refractivity contribution in [2.75, 3.05) is 14.1 Å². The number of likely N-dealkylation sites (N-methyl/N-ethyl adjacent to an activating group) is 1. The molecule has 1 rings (SSSR count). The summed E-state index contributed by atoms with van der Waals surface area (Å²) < 4.78 is 0. The topological polar surface area (TPSA) is 29.3 Å². The molecule has 0 saturated heterocycles. The van der Waals surface area contributed by atoms with Gasteiger partial charge < -0.3 is 10.6 Å². The molecule has 0 aromatic rings. The highest BCUT2D eigenvalue weighted by Crippen LogP contribution is 2.39. The predicted molar refractivity (Wildman–Crippen MR) is 53.1 cm³/mol. The molecule has 1 fully saturated rings. The van der Waals surface area contributed by atoms with Crippen molar-refractivity contribution >= 4 is 0 Å². The maximum absolute atomic E-state index is 6.20. The predicted octanol–water partition coefficient (Wildman–Crippen LogP) is 1.45. The molecule has 0 radical (unpaired) electrons. The molecule has 2 heteroatoms. The van der Waals surface area contributed by atoms with Gasteiger partial charge in [-0.2, -0.15) is 0 Å². The van der Waals surface area contributed by atoms with Crippen molar-refractivity contribution in [1.29, 1.82) is 0 Å². The van der Waals surface area contributed by atoms with Gasteiger partial charge in [-0.05, 0) is 39.3 Å². The number of hydrogen-bond acceptors (Lipinski definition) is 2. The lowest BCUT2D eigenvalue weighted by molar-refractivity contribution is 0.209. The van der Waals surface area contributed by atoms with Gasteiger partial charge in [0.05, 0.1) is 0 Å². The Kier molecular flexibility index (Phi) is 2.79. The van der Waals surface area contributed by atoms with Crippen LogP contribution in [0.15, 0.2) is 0 Å². The lowest BCUT2D eigenvalue weighted by Gasteiger charge is -2.31. The van der Waals surface area contributed by atoms with Crippen LogP contribution >= 0.6 is 0 Å². The average Bonchev–Trinajstić information content (AvgIpc) is 2.63. The minimum absolute atomic E-state index is 0.147. The highest BCUT2D eigenvalue weighted by atomic mass is 15.1. The number of hydrogen-bond donors (Lipinski definition) is 1. The SMILES string of the molecule is CC(C)CC(N(C)C)C1(N)CC1. The Labute approximate surface area is 76.1 Å². The van der Waals surface area contributed by atoms with E-state index < -0.39 is 0 Å². The van der Waals surface area contributed by atoms with Gasteiger partial charge in [-0.3, -0.25) is 0 Å². The van der Waals surface area contributed by atoms with Crippen molar-refractivity contribution in [2.24, 2.45) is 11.7 Å². The molecule has 1 aliphatic carbocycles. The molecule has 1 atom stereocenters. The second-order valence-electron chi connectivity index (χ2n) is 4.84. The van der Waals surface area contributed by atoms with Crippen molar-refractivity contribution in [2.45, 2.75) is 44.7 Å². The first-order chi connectivity index (χ1) is 5.46. The van der Waals surface area contributed by atoms with Crippen molar-refractivity contribution in [3.05, 3.63) is 0 Å². The zero-order chi connectivity index (χ0) is 9.35. The molecule has 72 valence electrons. The van der Waals surface area contributed by atoms with Crippen molar-refractivity contribution in [3.8, 4) is 0 Å². The van der Waals surface area contributed by atoms with Gasteiger partial charge >= 0.3 is 0 Å². The highest BCUT2D eigenvalue weighted by molar-refractivity contribution is 5.07. The maximum Gasteiger partial charge on any atom is 0.0313 e. The molecule has 2 nitrogen and oxygen atoms in total. The van der Waals surface area contributed by atoms with Gasteiger partial charge in [-0.1, -0.05) is 13.8 Å². The third-order valence-corrected chi connectivity index (χ3v) is 2.81. The van der Waals surface area contributed by atoms with Crippen LogP contribution in [0.5, 0.6) is 0 Å². The number of nitrogens with zero attached hydrogens (tertiary/aromatic N) is 1. The second kappa shape index (κ2) is 3.35. The summed E-state index contributed by atoms with van der Waals surface area (Å²) in [5.41, 5.74) is 6.34. The van der Waals surface area contributed by atoms with E-state index >= 15 is 0 Å². The van der Waals surface area contributed by atoms with Crippen LogP contribution in [-0.4, -0.2) is 30.6 Å². The van der Waals surface area contributed by atoms with Crippen LogP contribution in [-0.2, 0) is 0 Å². The minimum Gasteiger partial charge on any atom is -0.324 e. The molecular weight excluding hydrogens is 148 g/mol. The smallest absolute Gasteiger partial charge is 0.0313 e. The van der Waals surface area contributed by atoms with Crippen LogP contribution in [0.4, 0.5) is 0 Å². The van der Waals surface area contributed by atoms with E-state index in [1.165, 1.54) is 19.3 Å². The Hall–Kier alpha value is -0.0800. The third-order valence-electron chi connectivity index (χ3n) is 2.81. The van der Waals surface area contributed by atoms with Crippen LogP contribution in [0.1, 0.15) is 33.1 Å². The van der Waals surface area contributed by atoms with Crippen LogP contribution in [0.3, 0.4) is 0 Å². The Bertz CT molecular complexity index is 148. The zero-order valence-corrected chi connectivity index (χ0v) is 8.80. The fraction of sp³-hybridized carbons (Fsp3) is 1.00. The quantitative estimate of drug-likeness (QED) is 0.692. The monoisotopic (exact) mass is 170 g/mol. The van der Waals surface area contributed by atoms with Crippen LogP contribution < -0.4 is 5.73 Å². The van der Waals surface area contributed by atoms with Gasteiger partial charge in [0.25, 0.3) is 0 Å². The Morgan fingerprint density at radius 1 is 1.33 bits per heavy atom.